The molecular formula is C43H32N6Zn-2. The molecule has 0 spiro atoms. The van der Waals surface area contributed by atoms with Crippen molar-refractivity contribution < 1.29 is 17.9 Å². The number of nitrogens with one attached hydrogen (secondary N) is 2. The van der Waals surface area contributed by atoms with Crippen molar-refractivity contribution in [1.29, 1.82) is 0 Å². The van der Waals surface area contributed by atoms with Gasteiger partial charge in [-0.2, -0.15) is 0 Å². The Morgan fingerprint density at radius 2 is 1.04 bits per heavy atom. The van der Waals surface area contributed by atoms with E-state index in [2.05, 4.69) is 65.7 Å². The second kappa shape index (κ2) is 14.1. The van der Waals surface area contributed by atoms with Gasteiger partial charge in [-0.05, 0) is 17.7 Å². The van der Waals surface area contributed by atoms with Crippen LogP contribution in [0.3, 0.4) is 0 Å². The molecule has 0 bridgehead atoms. The first kappa shape index (κ1) is 32.4. The van der Waals surface area contributed by atoms with E-state index in [4.69, 9.17) is 33.8 Å². The molecule has 238 valence electrons. The number of allylic oxidation sites excluding steroid dienone is 6. The smallest absolute Gasteiger partial charge is 0.399 e. The van der Waals surface area contributed by atoms with Crippen LogP contribution in [0.1, 0.15) is 33.6 Å². The molecule has 7 rings (SSSR count). The normalized spacial score (nSPS) is 16.1. The van der Waals surface area contributed by atoms with Gasteiger partial charge in [0.15, 0.2) is 0 Å². The van der Waals surface area contributed by atoms with Crippen molar-refractivity contribution in [2.45, 2.75) is 0 Å². The number of nitrogen functional groups attached to an aromatic ring is 2. The van der Waals surface area contributed by atoms with E-state index >= 15 is 0 Å². The van der Waals surface area contributed by atoms with Crippen molar-refractivity contribution in [2.75, 3.05) is 11.5 Å². The number of aromatic amines is 1. The molecule has 0 saturated heterocycles. The summed E-state index contributed by atoms with van der Waals surface area (Å²) in [6.45, 7) is 5.86. The van der Waals surface area contributed by atoms with Gasteiger partial charge in [0.05, 0.1) is 0 Å². The molecule has 2 aliphatic heterocycles. The molecule has 6 N–H and O–H groups in total. The van der Waals surface area contributed by atoms with Crippen LogP contribution in [-0.4, -0.2) is 20.5 Å². The molecule has 0 amide bonds. The number of aliphatic imine (C=N–C) groups is 2. The Kier molecular flexibility index (Phi) is 9.15. The Bertz CT molecular complexity index is 2330. The zero-order chi connectivity index (χ0) is 34.6. The van der Waals surface area contributed by atoms with Gasteiger partial charge >= 0.3 is 220 Å². The van der Waals surface area contributed by atoms with Gasteiger partial charge in [-0.3, -0.25) is 18.4 Å². The summed E-state index contributed by atoms with van der Waals surface area (Å²) >= 11 is 0.989. The summed E-state index contributed by atoms with van der Waals surface area (Å²) in [4.78, 5) is 14.0. The molecule has 0 atom stereocenters. The zero-order valence-corrected chi connectivity index (χ0v) is 30.2. The van der Waals surface area contributed by atoms with E-state index < -0.39 is 0 Å². The summed E-state index contributed by atoms with van der Waals surface area (Å²) in [6.07, 6.45) is 9.39. The minimum atomic E-state index is 0.168. The van der Waals surface area contributed by atoms with Crippen molar-refractivity contribution in [3.05, 3.63) is 215 Å². The first-order valence-electron chi connectivity index (χ1n) is 16.1. The number of anilines is 2. The molecule has 5 aromatic rings. The Hall–Kier alpha value is -6.17. The van der Waals surface area contributed by atoms with Gasteiger partial charge in [-0.15, -0.1) is 0 Å². The second-order valence-corrected chi connectivity index (χ2v) is 13.4. The fourth-order valence-corrected chi connectivity index (χ4v) is 7.00. The molecule has 1 aromatic heterocycles. The summed E-state index contributed by atoms with van der Waals surface area (Å²) in [7, 11) is 0. The van der Waals surface area contributed by atoms with Crippen LogP contribution < -0.4 is 11.5 Å². The van der Waals surface area contributed by atoms with Crippen molar-refractivity contribution in [3.63, 3.8) is 0 Å². The molecule has 50 heavy (non-hydrogen) atoms. The third kappa shape index (κ3) is 6.60. The van der Waals surface area contributed by atoms with Crippen LogP contribution in [0, 0.1) is 6.58 Å². The maximum atomic E-state index is 8.66. The first-order chi connectivity index (χ1) is 24.4. The summed E-state index contributed by atoms with van der Waals surface area (Å²) in [5.74, 6) is 0. The Morgan fingerprint density at radius 1 is 0.580 bits per heavy atom. The molecule has 4 aromatic carbocycles. The fraction of sp³-hybridized carbons (Fsp3) is 0. The van der Waals surface area contributed by atoms with Gasteiger partial charge in [-0.1, -0.05) is 17.7 Å². The number of aromatic nitrogens is 1. The summed E-state index contributed by atoms with van der Waals surface area (Å²) < 4.78 is 1.24. The number of H-pyrrole nitrogens is 1. The third-order valence-electron chi connectivity index (χ3n) is 8.60. The predicted molar refractivity (Wildman–Crippen MR) is 205 cm³/mol. The van der Waals surface area contributed by atoms with Crippen molar-refractivity contribution in [1.82, 2.24) is 4.98 Å². The van der Waals surface area contributed by atoms with Crippen molar-refractivity contribution in [2.24, 2.45) is 9.98 Å². The number of rotatable bonds is 9. The van der Waals surface area contributed by atoms with Crippen molar-refractivity contribution in [3.8, 4) is 0 Å². The number of nitrogens with two attached hydrogens (primary N) is 2. The van der Waals surface area contributed by atoms with Crippen LogP contribution in [0.15, 0.2) is 179 Å². The SMILES string of the molecule is [CH-]=C/C([NH-])=C(C1=N/C(=C(/c2ccc(N)cc2)c2ccc(/C(=C3/C=CC([C](=[Zn])c4ccccc4)=N3)c3ccccc3)[nH]2)C=C1)\c1ccc(N)cc1. The summed E-state index contributed by atoms with van der Waals surface area (Å²) in [5.41, 5.74) is 33.8. The van der Waals surface area contributed by atoms with Crippen LogP contribution in [0.25, 0.3) is 22.5 Å². The van der Waals surface area contributed by atoms with E-state index in [1.54, 1.807) is 0 Å². The van der Waals surface area contributed by atoms with Gasteiger partial charge in [-0.25, -0.2) is 0 Å². The Labute approximate surface area is 301 Å². The summed E-state index contributed by atoms with van der Waals surface area (Å²) in [5, 5.41) is 0. The Morgan fingerprint density at radius 3 is 1.58 bits per heavy atom. The van der Waals surface area contributed by atoms with Crippen LogP contribution in [-0.2, 0) is 17.9 Å². The van der Waals surface area contributed by atoms with Crippen LogP contribution in [0.4, 0.5) is 11.4 Å². The van der Waals surface area contributed by atoms with E-state index in [-0.39, 0.29) is 5.70 Å². The van der Waals surface area contributed by atoms with Gasteiger partial charge in [0.2, 0.25) is 0 Å². The number of hydrogen-bond donors (Lipinski definition) is 3. The minimum Gasteiger partial charge on any atom is -0.399 e. The second-order valence-electron chi connectivity index (χ2n) is 11.9. The average molecular weight is 698 g/mol. The first-order valence-corrected chi connectivity index (χ1v) is 17.6. The molecule has 3 heterocycles. The number of benzene rings is 4. The zero-order valence-electron chi connectivity index (χ0n) is 27.3. The standard InChI is InChI=1S/C43H32N6.Zn/c1-2-35(46)41(30-13-17-32(44)18-14-30)36-23-24-39(48-36)43(31-15-19-33(45)20-16-31)40-26-25-38(49-40)42(29-11-7-4-8-12-29)37-22-21-34(47-37)27-28-9-5-3-6-10-28;/h1-26,46,49H,44-45H2;/q-2;/b41-35-,42-37-,43-39-;. The molecule has 0 aliphatic carbocycles. The monoisotopic (exact) mass is 696 g/mol. The number of hydrogen-bond acceptors (Lipinski definition) is 4. The quantitative estimate of drug-likeness (QED) is 0.0618. The van der Waals surface area contributed by atoms with Crippen LogP contribution in [0.5, 0.6) is 0 Å². The minimum absolute atomic E-state index is 0.168. The molecule has 0 saturated carbocycles. The topological polar surface area (TPSA) is 116 Å². The van der Waals surface area contributed by atoms with Crippen LogP contribution >= 0.6 is 0 Å². The van der Waals surface area contributed by atoms with E-state index in [0.29, 0.717) is 22.7 Å². The van der Waals surface area contributed by atoms with Gasteiger partial charge in [0.25, 0.3) is 0 Å². The van der Waals surface area contributed by atoms with Gasteiger partial charge in [0.1, 0.15) is 0 Å². The number of nitrogens with zero attached hydrogens (tertiary/aromatic N) is 2. The summed E-state index contributed by atoms with van der Waals surface area (Å²) in [6, 6.07) is 40.1. The third-order valence-corrected chi connectivity index (χ3v) is 10.2. The molecule has 2 aliphatic rings. The molecular weight excluding hydrogens is 666 g/mol. The molecule has 0 radical (unpaired) electrons. The maximum absolute atomic E-state index is 8.66. The molecule has 6 nitrogen and oxygen atoms in total. The molecule has 7 heteroatoms. The molecule has 0 fully saturated rings. The molecule has 0 unspecified atom stereocenters. The fourth-order valence-electron chi connectivity index (χ4n) is 6.10. The van der Waals surface area contributed by atoms with Crippen LogP contribution in [0.2, 0.25) is 0 Å². The van der Waals surface area contributed by atoms with Gasteiger partial charge < -0.3 is 17.2 Å². The van der Waals surface area contributed by atoms with Crippen molar-refractivity contribution >= 4 is 43.6 Å². The predicted octanol–water partition coefficient (Wildman–Crippen LogP) is 8.94. The van der Waals surface area contributed by atoms with E-state index in [9.17, 15) is 0 Å². The van der Waals surface area contributed by atoms with E-state index in [1.165, 1.54) is 15.7 Å². The van der Waals surface area contributed by atoms with E-state index in [1.807, 2.05) is 84.9 Å². The average Bonchev–Trinajstić information content (AvgIpc) is 3.94. The van der Waals surface area contributed by atoms with E-state index in [0.717, 1.165) is 74.2 Å². The Balaban J connectivity index is 1.36. The van der Waals surface area contributed by atoms with Gasteiger partial charge in [0, 0.05) is 11.4 Å².